The Morgan fingerprint density at radius 3 is 2.72 bits per heavy atom. The van der Waals surface area contributed by atoms with Gasteiger partial charge in [0.25, 0.3) is 5.78 Å². The lowest BCUT2D eigenvalue weighted by Gasteiger charge is -2.23. The number of aromatic nitrogens is 1. The fourth-order valence-corrected chi connectivity index (χ4v) is 6.59. The van der Waals surface area contributed by atoms with Crippen molar-refractivity contribution in [2.24, 2.45) is 0 Å². The number of rotatable bonds is 6. The van der Waals surface area contributed by atoms with Crippen molar-refractivity contribution in [2.75, 3.05) is 4.90 Å². The predicted molar refractivity (Wildman–Crippen MR) is 162 cm³/mol. The second-order valence-electron chi connectivity index (χ2n) is 10.6. The molecule has 1 aromatic heterocycles. The summed E-state index contributed by atoms with van der Waals surface area (Å²) in [6.07, 6.45) is 0.664. The maximum atomic E-state index is 14.0. The van der Waals surface area contributed by atoms with Gasteiger partial charge in [0, 0.05) is 12.0 Å². The normalized spacial score (nSPS) is 19.1. The summed E-state index contributed by atoms with van der Waals surface area (Å²) < 4.78 is 26.4. The number of halogens is 1. The highest BCUT2D eigenvalue weighted by Gasteiger charge is 2.48. The number of ketones is 1. The van der Waals surface area contributed by atoms with Crippen molar-refractivity contribution in [2.45, 2.75) is 32.1 Å². The Balaban J connectivity index is 1.35. The second-order valence-corrected chi connectivity index (χ2v) is 11.6. The highest BCUT2D eigenvalue weighted by molar-refractivity contribution is 7.22. The minimum atomic E-state index is -1.01. The summed E-state index contributed by atoms with van der Waals surface area (Å²) in [6, 6.07) is 25.2. The van der Waals surface area contributed by atoms with E-state index in [-0.39, 0.29) is 22.6 Å². The molecule has 7 rings (SSSR count). The number of benzene rings is 4. The molecule has 5 aromatic rings. The molecule has 0 unspecified atom stereocenters. The number of carbonyl (C=O) groups is 2. The Hall–Kier alpha value is -5.02. The molecule has 2 atom stereocenters. The molecular weight excluding hydrogens is 567 g/mol. The molecule has 2 aliphatic heterocycles. The van der Waals surface area contributed by atoms with Gasteiger partial charge in [0.05, 0.1) is 21.8 Å². The molecule has 1 saturated heterocycles. The van der Waals surface area contributed by atoms with Crippen molar-refractivity contribution >= 4 is 44.1 Å². The number of hydrogen-bond acceptors (Lipinski definition) is 7. The first kappa shape index (κ1) is 26.9. The molecule has 0 bridgehead atoms. The van der Waals surface area contributed by atoms with Crippen molar-refractivity contribution < 1.29 is 28.6 Å². The van der Waals surface area contributed by atoms with Crippen LogP contribution in [0.4, 0.5) is 9.52 Å². The largest absolute Gasteiger partial charge is 0.507 e. The molecule has 7 nitrogen and oxygen atoms in total. The Bertz CT molecular complexity index is 1940. The Kier molecular flexibility index (Phi) is 6.66. The highest BCUT2D eigenvalue weighted by Crippen LogP contribution is 2.45. The Morgan fingerprint density at radius 1 is 1.05 bits per heavy atom. The summed E-state index contributed by atoms with van der Waals surface area (Å²) >= 11 is 1.10. The Morgan fingerprint density at radius 2 is 1.88 bits per heavy atom. The van der Waals surface area contributed by atoms with E-state index in [1.165, 1.54) is 23.1 Å². The first-order chi connectivity index (χ1) is 20.9. The number of thiazole rings is 1. The number of Topliss-reactive ketones (excluding diaryl/α,β-unsaturated/α-hetero) is 1. The van der Waals surface area contributed by atoms with E-state index in [2.05, 4.69) is 4.98 Å². The van der Waals surface area contributed by atoms with Gasteiger partial charge in [-0.2, -0.15) is 0 Å². The third-order valence-electron chi connectivity index (χ3n) is 7.58. The summed E-state index contributed by atoms with van der Waals surface area (Å²) in [5.74, 6) is -1.14. The van der Waals surface area contributed by atoms with Gasteiger partial charge >= 0.3 is 5.91 Å². The van der Waals surface area contributed by atoms with Crippen LogP contribution >= 0.6 is 11.3 Å². The number of fused-ring (bicyclic) bond motifs is 2. The van der Waals surface area contributed by atoms with E-state index in [1.54, 1.807) is 42.5 Å². The maximum absolute atomic E-state index is 14.0. The van der Waals surface area contributed by atoms with E-state index in [9.17, 15) is 19.1 Å². The lowest BCUT2D eigenvalue weighted by atomic mass is 9.94. The van der Waals surface area contributed by atoms with Crippen LogP contribution in [0, 0.1) is 5.82 Å². The van der Waals surface area contributed by atoms with Crippen LogP contribution in [0.1, 0.15) is 35.2 Å². The maximum Gasteiger partial charge on any atom is 0.301 e. The van der Waals surface area contributed by atoms with Gasteiger partial charge in [-0.1, -0.05) is 53.8 Å². The van der Waals surface area contributed by atoms with Crippen LogP contribution < -0.4 is 14.4 Å². The van der Waals surface area contributed by atoms with Gasteiger partial charge < -0.3 is 14.6 Å². The molecule has 1 N–H and O–H groups in total. The molecule has 1 amide bonds. The number of carbonyl (C=O) groups excluding carboxylic acids is 2. The quantitative estimate of drug-likeness (QED) is 0.130. The molecule has 214 valence electrons. The minimum Gasteiger partial charge on any atom is -0.507 e. The SMILES string of the molecule is C[C@@H]1Cc2cc(C(O)=C3C(=O)C(=O)N(c4nc5ccc(F)cc5s4)[C@H]3c3cccc(OCc4ccccc4)c3)ccc2O1. The van der Waals surface area contributed by atoms with Crippen molar-refractivity contribution in [1.29, 1.82) is 0 Å². The zero-order valence-electron chi connectivity index (χ0n) is 23.0. The van der Waals surface area contributed by atoms with E-state index in [0.717, 1.165) is 28.2 Å². The number of hydrogen-bond donors (Lipinski definition) is 1. The molecule has 3 heterocycles. The highest BCUT2D eigenvalue weighted by atomic mass is 32.1. The molecule has 0 saturated carbocycles. The van der Waals surface area contributed by atoms with Crippen molar-refractivity contribution in [3.8, 4) is 11.5 Å². The smallest absolute Gasteiger partial charge is 0.301 e. The van der Waals surface area contributed by atoms with Crippen LogP contribution in [-0.2, 0) is 22.6 Å². The van der Waals surface area contributed by atoms with Crippen LogP contribution in [0.15, 0.2) is 96.6 Å². The summed E-state index contributed by atoms with van der Waals surface area (Å²) in [4.78, 5) is 33.2. The topological polar surface area (TPSA) is 89.0 Å². The van der Waals surface area contributed by atoms with Gasteiger partial charge in [-0.3, -0.25) is 14.5 Å². The number of anilines is 1. The summed E-state index contributed by atoms with van der Waals surface area (Å²) in [6.45, 7) is 2.28. The van der Waals surface area contributed by atoms with E-state index >= 15 is 0 Å². The lowest BCUT2D eigenvalue weighted by Crippen LogP contribution is -2.29. The van der Waals surface area contributed by atoms with Gasteiger partial charge in [0.15, 0.2) is 5.13 Å². The zero-order valence-corrected chi connectivity index (χ0v) is 23.8. The molecule has 2 aliphatic rings. The number of aliphatic hydroxyl groups is 1. The minimum absolute atomic E-state index is 0.000439. The Labute approximate surface area is 250 Å². The van der Waals surface area contributed by atoms with Crippen LogP contribution in [0.25, 0.3) is 16.0 Å². The molecule has 0 radical (unpaired) electrons. The fourth-order valence-electron chi connectivity index (χ4n) is 5.57. The summed E-state index contributed by atoms with van der Waals surface area (Å²) in [7, 11) is 0. The number of ether oxygens (including phenoxy) is 2. The summed E-state index contributed by atoms with van der Waals surface area (Å²) in [5, 5.41) is 11.9. The predicted octanol–water partition coefficient (Wildman–Crippen LogP) is 6.96. The van der Waals surface area contributed by atoms with Gasteiger partial charge in [0.1, 0.15) is 35.8 Å². The zero-order chi connectivity index (χ0) is 29.7. The van der Waals surface area contributed by atoms with Crippen LogP contribution in [0.5, 0.6) is 11.5 Å². The number of nitrogens with zero attached hydrogens (tertiary/aromatic N) is 2. The molecule has 4 aromatic carbocycles. The van der Waals surface area contributed by atoms with E-state index < -0.39 is 23.5 Å². The van der Waals surface area contributed by atoms with Crippen molar-refractivity contribution in [3.05, 3.63) is 125 Å². The van der Waals surface area contributed by atoms with Crippen molar-refractivity contribution in [3.63, 3.8) is 0 Å². The van der Waals surface area contributed by atoms with Gasteiger partial charge in [-0.05, 0) is 72.1 Å². The monoisotopic (exact) mass is 592 g/mol. The van der Waals surface area contributed by atoms with Crippen LogP contribution in [0.3, 0.4) is 0 Å². The van der Waals surface area contributed by atoms with Crippen LogP contribution in [0.2, 0.25) is 0 Å². The lowest BCUT2D eigenvalue weighted by molar-refractivity contribution is -0.132. The molecule has 1 fully saturated rings. The van der Waals surface area contributed by atoms with E-state index in [4.69, 9.17) is 9.47 Å². The molecular formula is C34H25FN2O5S. The van der Waals surface area contributed by atoms with Gasteiger partial charge in [-0.25, -0.2) is 9.37 Å². The number of aliphatic hydroxyl groups excluding tert-OH is 1. The molecule has 9 heteroatoms. The van der Waals surface area contributed by atoms with E-state index in [0.29, 0.717) is 40.1 Å². The van der Waals surface area contributed by atoms with Crippen molar-refractivity contribution in [1.82, 2.24) is 4.98 Å². The standard InChI is InChI=1S/C34H25FN2O5S/c1-19-14-23-15-22(10-13-27(23)42-19)31(38)29-30(21-8-5-9-25(16-21)41-18-20-6-3-2-4-7-20)37(33(40)32(29)39)34-36-26-12-11-24(35)17-28(26)43-34/h2-13,15-17,19,30,38H,14,18H2,1H3/t19-,30+/m1/s1. The molecule has 43 heavy (non-hydrogen) atoms. The van der Waals surface area contributed by atoms with E-state index in [1.807, 2.05) is 37.3 Å². The fraction of sp³-hybridized carbons (Fsp3) is 0.147. The third-order valence-corrected chi connectivity index (χ3v) is 8.60. The van der Waals surface area contributed by atoms with Gasteiger partial charge in [-0.15, -0.1) is 0 Å². The van der Waals surface area contributed by atoms with Crippen LogP contribution in [-0.4, -0.2) is 27.9 Å². The molecule has 0 spiro atoms. The first-order valence-corrected chi connectivity index (χ1v) is 14.6. The number of amides is 1. The first-order valence-electron chi connectivity index (χ1n) is 13.8. The average molecular weight is 593 g/mol. The molecule has 0 aliphatic carbocycles. The third kappa shape index (κ3) is 4.91. The average Bonchev–Trinajstić information content (AvgIpc) is 3.68. The summed E-state index contributed by atoms with van der Waals surface area (Å²) in [5.41, 5.74) is 3.27. The second kappa shape index (κ2) is 10.7. The van der Waals surface area contributed by atoms with Gasteiger partial charge in [0.2, 0.25) is 0 Å².